The summed E-state index contributed by atoms with van der Waals surface area (Å²) >= 11 is 0. The Labute approximate surface area is 645 Å². The molecule has 0 amide bonds. The van der Waals surface area contributed by atoms with Gasteiger partial charge in [0.15, 0.2) is 0 Å². The van der Waals surface area contributed by atoms with Crippen LogP contribution in [0.5, 0.6) is 0 Å². The Kier molecular flexibility index (Phi) is 14.5. The van der Waals surface area contributed by atoms with Crippen LogP contribution in [0.25, 0.3) is 208 Å². The molecule has 23 rings (SSSR count). The Hall–Kier alpha value is -13.7. The number of rotatable bonds is 7. The second-order valence-corrected chi connectivity index (χ2v) is 31.5. The predicted molar refractivity (Wildman–Crippen MR) is 473 cm³/mol. The van der Waals surface area contributed by atoms with E-state index in [1.165, 1.54) is 209 Å². The molecule has 1 heteroatoms. The van der Waals surface area contributed by atoms with E-state index in [2.05, 4.69) is 392 Å². The highest BCUT2D eigenvalue weighted by Crippen LogP contribution is 2.58. The first kappa shape index (κ1) is 64.5. The summed E-state index contributed by atoms with van der Waals surface area (Å²) in [6.07, 6.45) is 0. The lowest BCUT2D eigenvalue weighted by molar-refractivity contribution is 0.662. The fourth-order valence-electron chi connectivity index (χ4n) is 20.0. The topological polar surface area (TPSA) is 13.1 Å². The highest BCUT2D eigenvalue weighted by Gasteiger charge is 2.40. The van der Waals surface area contributed by atoms with Crippen molar-refractivity contribution in [3.8, 4) is 100 Å². The van der Waals surface area contributed by atoms with Crippen molar-refractivity contribution in [2.24, 2.45) is 0 Å². The molecule has 0 aliphatic heterocycles. The van der Waals surface area contributed by atoms with Crippen molar-refractivity contribution >= 4 is 108 Å². The summed E-state index contributed by atoms with van der Waals surface area (Å²) in [4.78, 5) is 0. The van der Waals surface area contributed by atoms with E-state index in [-0.39, 0.29) is 10.8 Å². The minimum Gasteiger partial charge on any atom is -0.456 e. The first-order chi connectivity index (χ1) is 54.6. The predicted octanol–water partition coefficient (Wildman–Crippen LogP) is 30.8. The van der Waals surface area contributed by atoms with Gasteiger partial charge in [-0.25, -0.2) is 0 Å². The molecular weight excluding hydrogens is 1340 g/mol. The van der Waals surface area contributed by atoms with Gasteiger partial charge in [-0.1, -0.05) is 367 Å². The van der Waals surface area contributed by atoms with Gasteiger partial charge in [-0.15, -0.1) is 0 Å². The molecule has 111 heavy (non-hydrogen) atoms. The molecule has 20 aromatic carbocycles. The Balaban J connectivity index is 0.000000137. The molecule has 0 saturated carbocycles. The molecule has 0 saturated heterocycles. The number of para-hydroxylation sites is 1. The summed E-state index contributed by atoms with van der Waals surface area (Å²) in [5, 5.41) is 22.7. The zero-order valence-corrected chi connectivity index (χ0v) is 62.2. The quantitative estimate of drug-likeness (QED) is 0.114. The van der Waals surface area contributed by atoms with E-state index >= 15 is 0 Å². The summed E-state index contributed by atoms with van der Waals surface area (Å²) in [5.41, 5.74) is 30.1. The zero-order valence-electron chi connectivity index (χ0n) is 62.2. The average molecular weight is 1410 g/mol. The maximum atomic E-state index is 6.23. The standard InChI is InChI=1S/C57H38O.C53H36/c1-57(2)50-31-29-35-15-3-4-19-40(35)55(50)48-27-14-26-41(56(48)57)36-16-13-17-38(33-36)53-44-22-7-9-24-46(44)54(47-25-10-8-23-45(47)53)43-21-6-5-18-39(43)37-30-32-52-49(34-37)42-20-11-12-28-51(42)58-52;1-53(2)48-30-28-34-14-4-6-18-41(34)51(48)47-24-12-23-42(52(47)53)35-15-11-16-37(31-35)49-43-19-7-9-21-45(43)50(46-22-10-8-20-44(46)49)38-27-29-40-36(32-38)26-25-33-13-3-5-17-39(33)40/h3-34H,1-2H3;3-32H,1-2H3. The van der Waals surface area contributed by atoms with Crippen molar-refractivity contribution in [1.29, 1.82) is 0 Å². The van der Waals surface area contributed by atoms with Crippen molar-refractivity contribution in [3.63, 3.8) is 0 Å². The third-order valence-corrected chi connectivity index (χ3v) is 24.8. The Morgan fingerprint density at radius 1 is 0.171 bits per heavy atom. The van der Waals surface area contributed by atoms with Crippen LogP contribution in [0.3, 0.4) is 0 Å². The zero-order chi connectivity index (χ0) is 73.8. The molecule has 0 spiro atoms. The molecule has 1 nitrogen and oxygen atoms in total. The monoisotopic (exact) mass is 1410 g/mol. The number of furan rings is 1. The average Bonchev–Trinajstić information content (AvgIpc) is 1.65. The van der Waals surface area contributed by atoms with Crippen molar-refractivity contribution in [2.75, 3.05) is 0 Å². The third kappa shape index (κ3) is 9.88. The minimum atomic E-state index is -0.148. The summed E-state index contributed by atoms with van der Waals surface area (Å²) in [6, 6.07) is 139. The highest BCUT2D eigenvalue weighted by atomic mass is 16.3. The Morgan fingerprint density at radius 2 is 0.495 bits per heavy atom. The van der Waals surface area contributed by atoms with Gasteiger partial charge >= 0.3 is 0 Å². The van der Waals surface area contributed by atoms with Crippen LogP contribution in [0.4, 0.5) is 0 Å². The van der Waals surface area contributed by atoms with Crippen LogP contribution in [-0.4, -0.2) is 0 Å². The summed E-state index contributed by atoms with van der Waals surface area (Å²) in [6.45, 7) is 9.59. The molecule has 0 N–H and O–H groups in total. The minimum absolute atomic E-state index is 0.130. The van der Waals surface area contributed by atoms with Gasteiger partial charge < -0.3 is 4.42 Å². The molecule has 0 fully saturated rings. The molecule has 1 heterocycles. The van der Waals surface area contributed by atoms with Crippen LogP contribution < -0.4 is 0 Å². The number of hydrogen-bond donors (Lipinski definition) is 0. The van der Waals surface area contributed by atoms with E-state index in [4.69, 9.17) is 4.42 Å². The normalized spacial score (nSPS) is 13.2. The maximum absolute atomic E-state index is 6.23. The van der Waals surface area contributed by atoms with E-state index in [0.29, 0.717) is 0 Å². The van der Waals surface area contributed by atoms with E-state index < -0.39 is 0 Å². The molecule has 2 aliphatic rings. The maximum Gasteiger partial charge on any atom is 0.135 e. The largest absolute Gasteiger partial charge is 0.456 e. The third-order valence-electron chi connectivity index (χ3n) is 24.8. The van der Waals surface area contributed by atoms with Crippen LogP contribution in [0.2, 0.25) is 0 Å². The second-order valence-electron chi connectivity index (χ2n) is 31.5. The van der Waals surface area contributed by atoms with Gasteiger partial charge in [0.05, 0.1) is 0 Å². The lowest BCUT2D eigenvalue weighted by Gasteiger charge is -2.25. The summed E-state index contributed by atoms with van der Waals surface area (Å²) in [5.74, 6) is 0. The van der Waals surface area contributed by atoms with Crippen LogP contribution in [0, 0.1) is 0 Å². The second kappa shape index (κ2) is 24.9. The number of fused-ring (bicyclic) bond motifs is 20. The van der Waals surface area contributed by atoms with Crippen molar-refractivity contribution in [1.82, 2.24) is 0 Å². The molecule has 2 aliphatic carbocycles. The first-order valence-electron chi connectivity index (χ1n) is 38.9. The van der Waals surface area contributed by atoms with Crippen LogP contribution >= 0.6 is 0 Å². The Morgan fingerprint density at radius 3 is 1.00 bits per heavy atom. The van der Waals surface area contributed by atoms with Gasteiger partial charge in [-0.2, -0.15) is 0 Å². The van der Waals surface area contributed by atoms with Gasteiger partial charge in [0.2, 0.25) is 0 Å². The highest BCUT2D eigenvalue weighted by molar-refractivity contribution is 6.25. The van der Waals surface area contributed by atoms with Gasteiger partial charge in [0, 0.05) is 21.6 Å². The van der Waals surface area contributed by atoms with Gasteiger partial charge in [-0.3, -0.25) is 0 Å². The van der Waals surface area contributed by atoms with Crippen molar-refractivity contribution in [2.45, 2.75) is 38.5 Å². The van der Waals surface area contributed by atoms with Crippen LogP contribution in [0.1, 0.15) is 49.9 Å². The Bertz CT molecular complexity index is 7410. The molecule has 1 aromatic heterocycles. The molecule has 520 valence electrons. The summed E-state index contributed by atoms with van der Waals surface area (Å²) < 4.78 is 6.23. The molecule has 0 atom stereocenters. The van der Waals surface area contributed by atoms with Gasteiger partial charge in [0.25, 0.3) is 0 Å². The van der Waals surface area contributed by atoms with Crippen LogP contribution in [-0.2, 0) is 10.8 Å². The molecule has 21 aromatic rings. The van der Waals surface area contributed by atoms with Crippen molar-refractivity contribution < 1.29 is 4.42 Å². The molecule has 0 radical (unpaired) electrons. The number of hydrogen-bond acceptors (Lipinski definition) is 1. The summed E-state index contributed by atoms with van der Waals surface area (Å²) in [7, 11) is 0. The molecular formula is C110H74O. The lowest BCUT2D eigenvalue weighted by atomic mass is 9.78. The SMILES string of the molecule is CC1(C)c2ccc3ccccc3c2-c2cccc(-c3cccc(-c4c5ccccc5c(-c5ccc6c(ccc7ccccc76)c5)c5ccccc45)c3)c21.CC1(C)c2ccc3ccccc3c2-c2cccc(-c3cccc(-c4c5ccccc5c(-c5ccccc5-c5ccc6oc7ccccc7c6c5)c5ccccc45)c3)c21. The fraction of sp³-hybridized carbons (Fsp3) is 0.0545. The van der Waals surface area contributed by atoms with Crippen molar-refractivity contribution in [3.05, 3.63) is 398 Å². The van der Waals surface area contributed by atoms with Gasteiger partial charge in [0.1, 0.15) is 11.2 Å². The first-order valence-corrected chi connectivity index (χ1v) is 38.9. The molecule has 0 bridgehead atoms. The lowest BCUT2D eigenvalue weighted by Crippen LogP contribution is -2.16. The van der Waals surface area contributed by atoms with E-state index in [1.54, 1.807) is 0 Å². The van der Waals surface area contributed by atoms with Crippen LogP contribution in [0.15, 0.2) is 381 Å². The number of benzene rings is 20. The smallest absolute Gasteiger partial charge is 0.135 e. The van der Waals surface area contributed by atoms with E-state index in [1.807, 2.05) is 12.1 Å². The van der Waals surface area contributed by atoms with E-state index in [0.717, 1.165) is 21.9 Å². The fourth-order valence-corrected chi connectivity index (χ4v) is 20.0. The van der Waals surface area contributed by atoms with E-state index in [9.17, 15) is 0 Å². The molecule has 0 unspecified atom stereocenters. The van der Waals surface area contributed by atoms with Gasteiger partial charge in [-0.05, 0) is 245 Å².